The predicted octanol–water partition coefficient (Wildman–Crippen LogP) is 3.10. The average molecular weight is 281 g/mol. The average Bonchev–Trinajstić information content (AvgIpc) is 2.77. The van der Waals surface area contributed by atoms with Gasteiger partial charge in [-0.3, -0.25) is 4.79 Å². The van der Waals surface area contributed by atoms with Crippen LogP contribution in [0.2, 0.25) is 0 Å². The van der Waals surface area contributed by atoms with Gasteiger partial charge in [-0.15, -0.1) is 0 Å². The zero-order valence-electron chi connectivity index (χ0n) is 9.86. The van der Waals surface area contributed by atoms with Crippen LogP contribution in [-0.4, -0.2) is 33.6 Å². The van der Waals surface area contributed by atoms with Gasteiger partial charge in [0.05, 0.1) is 0 Å². The van der Waals surface area contributed by atoms with Crippen LogP contribution in [0.25, 0.3) is 0 Å². The van der Waals surface area contributed by atoms with Crippen molar-refractivity contribution in [3.05, 3.63) is 30.3 Å². The van der Waals surface area contributed by atoms with Gasteiger partial charge in [0, 0.05) is 37.4 Å². The van der Waals surface area contributed by atoms with E-state index in [1.807, 2.05) is 30.3 Å². The summed E-state index contributed by atoms with van der Waals surface area (Å²) in [6.45, 7) is 0. The van der Waals surface area contributed by atoms with E-state index in [2.05, 4.69) is 9.36 Å². The van der Waals surface area contributed by atoms with E-state index in [9.17, 15) is 4.79 Å². The van der Waals surface area contributed by atoms with Crippen molar-refractivity contribution < 1.29 is 9.53 Å². The first-order valence-corrected chi connectivity index (χ1v) is 6.70. The van der Waals surface area contributed by atoms with E-state index in [1.54, 1.807) is 14.1 Å². The molecular weight excluding hydrogens is 270 g/mol. The van der Waals surface area contributed by atoms with Gasteiger partial charge in [0.15, 0.2) is 0 Å². The largest absolute Gasteiger partial charge is 0.430 e. The van der Waals surface area contributed by atoms with Crippen LogP contribution in [0.15, 0.2) is 35.5 Å². The maximum absolute atomic E-state index is 11.5. The van der Waals surface area contributed by atoms with E-state index in [1.165, 1.54) is 4.90 Å². The molecule has 2 rings (SSSR count). The quantitative estimate of drug-likeness (QED) is 0.809. The zero-order valence-corrected chi connectivity index (χ0v) is 11.5. The minimum Gasteiger partial charge on any atom is -0.430 e. The molecule has 1 aromatic carbocycles. The van der Waals surface area contributed by atoms with Crippen LogP contribution in [0.1, 0.15) is 0 Å². The fraction of sp³-hybridized carbons (Fsp3) is 0.182. The molecule has 1 amide bonds. The lowest BCUT2D eigenvalue weighted by Gasteiger charge is -2.06. The molecule has 2 aromatic rings. The number of thioether (sulfide) groups is 1. The van der Waals surface area contributed by atoms with Crippen LogP contribution < -0.4 is 4.74 Å². The highest BCUT2D eigenvalue weighted by Gasteiger charge is 2.12. The van der Waals surface area contributed by atoms with E-state index >= 15 is 0 Å². The van der Waals surface area contributed by atoms with Crippen molar-refractivity contribution >= 4 is 28.5 Å². The molecule has 7 heteroatoms. The Labute approximate surface area is 113 Å². The monoisotopic (exact) mass is 281 g/mol. The molecule has 0 aliphatic carbocycles. The molecule has 1 aromatic heterocycles. The Morgan fingerprint density at radius 3 is 2.72 bits per heavy atom. The number of hydrogen-bond acceptors (Lipinski definition) is 6. The molecule has 0 radical (unpaired) electrons. The maximum Gasteiger partial charge on any atom is 0.299 e. The molecule has 18 heavy (non-hydrogen) atoms. The Morgan fingerprint density at radius 2 is 2.06 bits per heavy atom. The summed E-state index contributed by atoms with van der Waals surface area (Å²) in [5, 5.41) is 0.721. The number of amides is 1. The number of nitrogens with zero attached hydrogens (tertiary/aromatic N) is 3. The third-order valence-electron chi connectivity index (χ3n) is 1.88. The van der Waals surface area contributed by atoms with Crippen LogP contribution in [0.4, 0.5) is 4.79 Å². The molecule has 0 bridgehead atoms. The van der Waals surface area contributed by atoms with Gasteiger partial charge >= 0.3 is 0 Å². The molecular formula is C11H11N3O2S2. The second-order valence-electron chi connectivity index (χ2n) is 3.52. The molecule has 0 saturated carbocycles. The van der Waals surface area contributed by atoms with Gasteiger partial charge in [-0.1, -0.05) is 18.2 Å². The Hall–Kier alpha value is -1.60. The lowest BCUT2D eigenvalue weighted by Crippen LogP contribution is -2.16. The Bertz CT molecular complexity index is 528. The zero-order chi connectivity index (χ0) is 13.0. The standard InChI is InChI=1S/C11H11N3O2S2/c1-14(2)11(15)17-9-12-10(18-13-9)16-8-6-4-3-5-7-8/h3-7H,1-2H3. The van der Waals surface area contributed by atoms with Crippen molar-refractivity contribution in [2.45, 2.75) is 5.16 Å². The van der Waals surface area contributed by atoms with E-state index < -0.39 is 0 Å². The van der Waals surface area contributed by atoms with Crippen molar-refractivity contribution in [2.24, 2.45) is 0 Å². The first kappa shape index (κ1) is 12.8. The number of benzene rings is 1. The highest BCUT2D eigenvalue weighted by molar-refractivity contribution is 8.13. The maximum atomic E-state index is 11.5. The molecule has 94 valence electrons. The third kappa shape index (κ3) is 3.44. The van der Waals surface area contributed by atoms with Crippen molar-refractivity contribution in [3.8, 4) is 10.9 Å². The fourth-order valence-corrected chi connectivity index (χ4v) is 2.28. The topological polar surface area (TPSA) is 55.3 Å². The van der Waals surface area contributed by atoms with Crippen LogP contribution in [0.3, 0.4) is 0 Å². The second kappa shape index (κ2) is 5.83. The van der Waals surface area contributed by atoms with Crippen molar-refractivity contribution in [2.75, 3.05) is 14.1 Å². The van der Waals surface area contributed by atoms with Crippen LogP contribution in [-0.2, 0) is 0 Å². The van der Waals surface area contributed by atoms with Gasteiger partial charge in [-0.05, 0) is 12.1 Å². The minimum atomic E-state index is -0.112. The fourth-order valence-electron chi connectivity index (χ4n) is 1.04. The summed E-state index contributed by atoms with van der Waals surface area (Å²) < 4.78 is 9.56. The van der Waals surface area contributed by atoms with Gasteiger partial charge in [0.1, 0.15) is 5.75 Å². The summed E-state index contributed by atoms with van der Waals surface area (Å²) >= 11 is 2.10. The predicted molar refractivity (Wildman–Crippen MR) is 71.4 cm³/mol. The van der Waals surface area contributed by atoms with Crippen molar-refractivity contribution in [1.29, 1.82) is 0 Å². The summed E-state index contributed by atoms with van der Waals surface area (Å²) in [4.78, 5) is 17.1. The summed E-state index contributed by atoms with van der Waals surface area (Å²) in [5.74, 6) is 0.698. The SMILES string of the molecule is CN(C)C(=O)Sc1nsc(Oc2ccccc2)n1. The van der Waals surface area contributed by atoms with E-state index in [4.69, 9.17) is 4.74 Å². The molecule has 0 fully saturated rings. The molecule has 0 saturated heterocycles. The first-order valence-electron chi connectivity index (χ1n) is 5.11. The molecule has 0 aliphatic rings. The van der Waals surface area contributed by atoms with E-state index in [0.29, 0.717) is 16.1 Å². The molecule has 0 atom stereocenters. The number of carbonyl (C=O) groups excluding carboxylic acids is 1. The summed E-state index contributed by atoms with van der Waals surface area (Å²) in [7, 11) is 3.37. The molecule has 0 unspecified atom stereocenters. The number of carbonyl (C=O) groups is 1. The molecule has 0 spiro atoms. The van der Waals surface area contributed by atoms with Gasteiger partial charge in [-0.2, -0.15) is 9.36 Å². The number of aromatic nitrogens is 2. The Balaban J connectivity index is 2.00. The minimum absolute atomic E-state index is 0.112. The van der Waals surface area contributed by atoms with E-state index in [-0.39, 0.29) is 5.24 Å². The molecule has 0 N–H and O–H groups in total. The number of rotatable bonds is 3. The number of hydrogen-bond donors (Lipinski definition) is 0. The summed E-state index contributed by atoms with van der Waals surface area (Å²) in [6.07, 6.45) is 0. The molecule has 1 heterocycles. The number of ether oxygens (including phenoxy) is 1. The normalized spacial score (nSPS) is 10.1. The van der Waals surface area contributed by atoms with Gasteiger partial charge < -0.3 is 9.64 Å². The van der Waals surface area contributed by atoms with Crippen LogP contribution >= 0.6 is 23.3 Å². The lowest BCUT2D eigenvalue weighted by atomic mass is 10.3. The van der Waals surface area contributed by atoms with Crippen LogP contribution in [0, 0.1) is 0 Å². The smallest absolute Gasteiger partial charge is 0.299 e. The lowest BCUT2D eigenvalue weighted by molar-refractivity contribution is 0.241. The summed E-state index contributed by atoms with van der Waals surface area (Å²) in [6, 6.07) is 9.32. The van der Waals surface area contributed by atoms with E-state index in [0.717, 1.165) is 23.3 Å². The van der Waals surface area contributed by atoms with Gasteiger partial charge in [0.25, 0.3) is 10.4 Å². The summed E-state index contributed by atoms with van der Waals surface area (Å²) in [5.41, 5.74) is 0. The van der Waals surface area contributed by atoms with Crippen molar-refractivity contribution in [1.82, 2.24) is 14.3 Å². The number of para-hydroxylation sites is 1. The Morgan fingerprint density at radius 1 is 1.33 bits per heavy atom. The third-order valence-corrected chi connectivity index (χ3v) is 3.50. The highest BCUT2D eigenvalue weighted by atomic mass is 32.2. The van der Waals surface area contributed by atoms with Gasteiger partial charge in [-0.25, -0.2) is 0 Å². The second-order valence-corrected chi connectivity index (χ2v) is 5.15. The highest BCUT2D eigenvalue weighted by Crippen LogP contribution is 2.27. The Kier molecular flexibility index (Phi) is 4.16. The first-order chi connectivity index (χ1) is 8.65. The molecule has 0 aliphatic heterocycles. The van der Waals surface area contributed by atoms with Gasteiger partial charge in [0.2, 0.25) is 5.16 Å². The van der Waals surface area contributed by atoms with Crippen molar-refractivity contribution in [3.63, 3.8) is 0 Å². The molecule has 5 nitrogen and oxygen atoms in total. The van der Waals surface area contributed by atoms with Crippen LogP contribution in [0.5, 0.6) is 10.9 Å².